The standard InChI is InChI=1S/C45H47N6O17P3/c46-42-27(22-51(45(56)48-42)36-21-34(52)35(65-36)23-64-70(60,61)68-71(62,63)67-69(57,58)59)6-1-13-47-43(53)26-11-12-28(44(54)55)31(20-26)37-32-18-24-7-2-14-49-16-4-9-29(38(24)49)40(32)66-41-30-10-5-17-50-15-3-8-25(39(30)50)19-33(37)41/h11-12,18-20,22,34-36,52H,2-5,7-10,13-17,21,23H2,(H7-,46,47,48,53,54,55,56,57,58,59,60,61,62,63)/t34-,35+,36+/m0/s1. The first-order valence-corrected chi connectivity index (χ1v) is 27.3. The molecule has 1 fully saturated rings. The molecular weight excluding hydrogens is 989 g/mol. The fourth-order valence-corrected chi connectivity index (χ4v) is 13.6. The summed E-state index contributed by atoms with van der Waals surface area (Å²) in [5.41, 5.74) is 12.7. The maximum atomic E-state index is 13.9. The third-order valence-electron chi connectivity index (χ3n) is 13.3. The molecule has 0 radical (unpaired) electrons. The van der Waals surface area contributed by atoms with Crippen LogP contribution in [-0.4, -0.2) is 97.6 Å². The van der Waals surface area contributed by atoms with E-state index in [-0.39, 0.29) is 35.5 Å². The number of ether oxygens (including phenoxy) is 2. The summed E-state index contributed by atoms with van der Waals surface area (Å²) in [7, 11) is -17.0. The Kier molecular flexibility index (Phi) is 13.0. The Morgan fingerprint density at radius 3 is 2.42 bits per heavy atom. The predicted octanol–water partition coefficient (Wildman–Crippen LogP) is 0.398. The van der Waals surface area contributed by atoms with Crippen LogP contribution in [0.2, 0.25) is 0 Å². The molecule has 1 aromatic heterocycles. The normalized spacial score (nSPS) is 21.5. The number of carbonyl (C=O) groups excluding carboxylic acids is 2. The quantitative estimate of drug-likeness (QED) is 0.0505. The van der Waals surface area contributed by atoms with E-state index in [1.54, 1.807) is 6.07 Å². The molecule has 26 heteroatoms. The number of carboxylic acid groups (broad SMARTS) is 1. The summed E-state index contributed by atoms with van der Waals surface area (Å²) in [5.74, 6) is 4.69. The number of aliphatic hydroxyl groups excluding tert-OH is 1. The Hall–Kier alpha value is -5.56. The number of aliphatic hydroxyl groups is 1. The van der Waals surface area contributed by atoms with Crippen molar-refractivity contribution in [2.75, 3.05) is 50.0 Å². The molecule has 1 saturated heterocycles. The number of aromatic carboxylic acids is 1. The number of carbonyl (C=O) groups is 2. The number of benzene rings is 3. The van der Waals surface area contributed by atoms with Crippen LogP contribution < -0.4 is 46.6 Å². The summed E-state index contributed by atoms with van der Waals surface area (Å²) < 4.78 is 62.8. The van der Waals surface area contributed by atoms with Crippen molar-refractivity contribution < 1.29 is 75.7 Å². The lowest BCUT2D eigenvalue weighted by Crippen LogP contribution is -2.45. The third kappa shape index (κ3) is 9.76. The molecule has 0 spiro atoms. The van der Waals surface area contributed by atoms with Gasteiger partial charge < -0.3 is 60.0 Å². The van der Waals surface area contributed by atoms with E-state index in [0.29, 0.717) is 11.1 Å². The Morgan fingerprint density at radius 1 is 0.930 bits per heavy atom. The van der Waals surface area contributed by atoms with E-state index < -0.39 is 66.1 Å². The van der Waals surface area contributed by atoms with Crippen LogP contribution in [0.15, 0.2) is 41.3 Å². The van der Waals surface area contributed by atoms with Gasteiger partial charge in [-0.1, -0.05) is 17.9 Å². The van der Waals surface area contributed by atoms with Crippen LogP contribution in [0.5, 0.6) is 11.5 Å². The highest BCUT2D eigenvalue weighted by Crippen LogP contribution is 2.66. The number of nitrogens with zero attached hydrogens (tertiary/aromatic N) is 4. The number of anilines is 2. The fourth-order valence-electron chi connectivity index (χ4n) is 10.5. The Bertz CT molecular complexity index is 3360. The predicted molar refractivity (Wildman–Crippen MR) is 248 cm³/mol. The number of nitrogen functional groups attached to an aromatic ring is 1. The maximum Gasteiger partial charge on any atom is 0.490 e. The largest absolute Gasteiger partial charge is 0.545 e. The van der Waals surface area contributed by atoms with E-state index in [1.807, 2.05) is 0 Å². The maximum absolute atomic E-state index is 13.9. The van der Waals surface area contributed by atoms with E-state index in [9.17, 15) is 48.1 Å². The van der Waals surface area contributed by atoms with Crippen molar-refractivity contribution in [2.24, 2.45) is 0 Å². The summed E-state index contributed by atoms with van der Waals surface area (Å²) in [6, 6.07) is 8.64. The van der Waals surface area contributed by atoms with Gasteiger partial charge in [-0.25, -0.2) is 23.1 Å². The number of hydrogen-bond donors (Lipinski definition) is 7. The molecule has 23 nitrogen and oxygen atoms in total. The van der Waals surface area contributed by atoms with Crippen LogP contribution in [-0.2, 0) is 57.3 Å². The van der Waals surface area contributed by atoms with Gasteiger partial charge in [-0.05, 0) is 73.9 Å². The van der Waals surface area contributed by atoms with Gasteiger partial charge in [0, 0.05) is 82.8 Å². The van der Waals surface area contributed by atoms with Crippen LogP contribution >= 0.6 is 23.5 Å². The van der Waals surface area contributed by atoms with E-state index in [4.69, 9.17) is 25.0 Å². The first-order chi connectivity index (χ1) is 33.7. The molecule has 6 aliphatic heterocycles. The van der Waals surface area contributed by atoms with Gasteiger partial charge in [0.25, 0.3) is 5.91 Å². The van der Waals surface area contributed by atoms with Crippen molar-refractivity contribution >= 4 is 52.4 Å². The van der Waals surface area contributed by atoms with Gasteiger partial charge >= 0.3 is 29.2 Å². The van der Waals surface area contributed by atoms with E-state index in [2.05, 4.69) is 56.9 Å². The molecule has 7 heterocycles. The zero-order valence-corrected chi connectivity index (χ0v) is 40.3. The number of rotatable bonds is 12. The van der Waals surface area contributed by atoms with Gasteiger partial charge in [-0.3, -0.25) is 13.9 Å². The van der Waals surface area contributed by atoms with E-state index in [0.717, 1.165) is 116 Å². The van der Waals surface area contributed by atoms with Gasteiger partial charge in [0.05, 0.1) is 36.4 Å². The number of carboxylic acids is 1. The van der Waals surface area contributed by atoms with E-state index >= 15 is 0 Å². The first-order valence-electron chi connectivity index (χ1n) is 22.8. The Morgan fingerprint density at radius 2 is 1.66 bits per heavy atom. The number of phosphoric ester groups is 1. The molecule has 2 unspecified atom stereocenters. The Balaban J connectivity index is 0.920. The summed E-state index contributed by atoms with van der Waals surface area (Å²) in [6.07, 6.45) is 3.93. The van der Waals surface area contributed by atoms with Crippen molar-refractivity contribution in [2.45, 2.75) is 76.2 Å². The molecule has 71 heavy (non-hydrogen) atoms. The van der Waals surface area contributed by atoms with Crippen LogP contribution in [0.3, 0.4) is 0 Å². The van der Waals surface area contributed by atoms with Gasteiger partial charge in [0.1, 0.15) is 42.7 Å². The minimum Gasteiger partial charge on any atom is -0.545 e. The molecule has 6 aliphatic rings. The summed E-state index contributed by atoms with van der Waals surface area (Å²) in [5, 5.41) is 28.4. The molecule has 1 amide bonds. The smallest absolute Gasteiger partial charge is 0.490 e. The van der Waals surface area contributed by atoms with Crippen LogP contribution in [0.1, 0.15) is 98.0 Å². The molecule has 10 rings (SSSR count). The average molecular weight is 1040 g/mol. The number of nitrogens with one attached hydrogen (secondary N) is 1. The lowest BCUT2D eigenvalue weighted by molar-refractivity contribution is -0.255. The summed E-state index contributed by atoms with van der Waals surface area (Å²) >= 11 is 0. The second-order valence-electron chi connectivity index (χ2n) is 17.9. The molecule has 0 bridgehead atoms. The number of amides is 1. The molecule has 4 aromatic rings. The number of phosphoric acid groups is 3. The van der Waals surface area contributed by atoms with Crippen molar-refractivity contribution in [3.63, 3.8) is 0 Å². The SMILES string of the molecule is Nc1nc(=O)n([C@H]2C[C@H](O)[C@@H](COP(=O)(O)OP(=O)(O)OP(=O)(O)O)O2)cc1C#CCNC(=O)c1ccc(C(=O)[O-])c(C2=c3cc4c5c(c3Oc3c2cc2c6c3CCCN6CCC2)CCC[N+]=5CCC4)c1. The third-order valence-corrected chi connectivity index (χ3v) is 17.1. The minimum absolute atomic E-state index is 0.0103. The van der Waals surface area contributed by atoms with Crippen molar-refractivity contribution in [1.82, 2.24) is 19.4 Å². The lowest BCUT2D eigenvalue weighted by atomic mass is 9.81. The van der Waals surface area contributed by atoms with Crippen molar-refractivity contribution in [3.8, 4) is 23.3 Å². The molecule has 8 N–H and O–H groups in total. The Labute approximate surface area is 403 Å². The van der Waals surface area contributed by atoms with Gasteiger partial charge in [0.2, 0.25) is 5.36 Å². The monoisotopic (exact) mass is 1040 g/mol. The zero-order valence-electron chi connectivity index (χ0n) is 37.6. The second-order valence-corrected chi connectivity index (χ2v) is 22.3. The molecule has 5 atom stereocenters. The number of nitrogens with two attached hydrogens (primary N) is 1. The molecule has 0 saturated carbocycles. The lowest BCUT2D eigenvalue weighted by Gasteiger charge is -2.39. The molecule has 3 aromatic carbocycles. The van der Waals surface area contributed by atoms with Crippen molar-refractivity contribution in [1.29, 1.82) is 0 Å². The number of fused-ring (bicyclic) bond motifs is 4. The number of hydrogen-bond acceptors (Lipinski definition) is 16. The minimum atomic E-state index is -5.80. The zero-order chi connectivity index (χ0) is 50.1. The van der Waals surface area contributed by atoms with Crippen LogP contribution in [0.4, 0.5) is 11.5 Å². The summed E-state index contributed by atoms with van der Waals surface area (Å²) in [6.45, 7) is 2.60. The van der Waals surface area contributed by atoms with Crippen LogP contribution in [0.25, 0.3) is 5.57 Å². The van der Waals surface area contributed by atoms with Gasteiger partial charge in [-0.15, -0.1) is 0 Å². The van der Waals surface area contributed by atoms with Gasteiger partial charge in [-0.2, -0.15) is 13.6 Å². The van der Waals surface area contributed by atoms with Crippen molar-refractivity contribution in [3.05, 3.63) is 108 Å². The number of aryl methyl sites for hydroxylation is 2. The fraction of sp³-hybridized carbons (Fsp3) is 0.400. The molecular formula is C45H47N6O17P3. The highest BCUT2D eigenvalue weighted by atomic mass is 31.3. The second kappa shape index (κ2) is 18.8. The highest BCUT2D eigenvalue weighted by molar-refractivity contribution is 7.66. The van der Waals surface area contributed by atoms with E-state index in [1.165, 1.54) is 40.5 Å². The number of aromatic nitrogens is 2. The van der Waals surface area contributed by atoms with Crippen LogP contribution in [0, 0.1) is 11.8 Å². The molecule has 374 valence electrons. The average Bonchev–Trinajstić information content (AvgIpc) is 3.68. The topological polar surface area (TPSA) is 335 Å². The molecule has 0 aliphatic carbocycles. The van der Waals surface area contributed by atoms with Gasteiger partial charge in [0.15, 0.2) is 0 Å². The first kappa shape index (κ1) is 49.0. The highest BCUT2D eigenvalue weighted by Gasteiger charge is 2.43. The summed E-state index contributed by atoms with van der Waals surface area (Å²) in [4.78, 5) is 82.8.